The van der Waals surface area contributed by atoms with Crippen LogP contribution in [0.1, 0.15) is 65.9 Å². The maximum absolute atomic E-state index is 16.4. The molecule has 0 bridgehead atoms. The van der Waals surface area contributed by atoms with Gasteiger partial charge in [-0.15, -0.1) is 0 Å². The zero-order valence-corrected chi connectivity index (χ0v) is 30.1. The van der Waals surface area contributed by atoms with E-state index in [2.05, 4.69) is 43.4 Å². The maximum Gasteiger partial charge on any atom is 0.379 e. The van der Waals surface area contributed by atoms with Crippen molar-refractivity contribution in [2.45, 2.75) is 27.7 Å². The molecular weight excluding hydrogens is 707 g/mol. The summed E-state index contributed by atoms with van der Waals surface area (Å²) in [5, 5.41) is 0. The molecule has 4 aromatic rings. The number of carbonyl (C=O) groups excluding carboxylic acids is 6. The van der Waals surface area contributed by atoms with Crippen LogP contribution in [-0.4, -0.2) is 35.4 Å². The summed E-state index contributed by atoms with van der Waals surface area (Å²) in [5.41, 5.74) is 0.639. The molecule has 0 aliphatic heterocycles. The summed E-state index contributed by atoms with van der Waals surface area (Å²) >= 11 is 0. The van der Waals surface area contributed by atoms with Crippen LogP contribution in [0.15, 0.2) is 115 Å². The summed E-state index contributed by atoms with van der Waals surface area (Å²) in [6.07, 6.45) is 0. The zero-order chi connectivity index (χ0) is 40.4. The van der Waals surface area contributed by atoms with Crippen molar-refractivity contribution >= 4 is 35.4 Å². The molecule has 0 fully saturated rings. The average molecular weight is 739 g/mol. The van der Waals surface area contributed by atoms with Gasteiger partial charge in [-0.25, -0.2) is 23.6 Å². The molecule has 0 aliphatic rings. The lowest BCUT2D eigenvalue weighted by atomic mass is 9.98. The third-order valence-corrected chi connectivity index (χ3v) is 7.12. The predicted octanol–water partition coefficient (Wildman–Crippen LogP) is 6.80. The van der Waals surface area contributed by atoms with Gasteiger partial charge in [0.05, 0.1) is 5.56 Å². The summed E-state index contributed by atoms with van der Waals surface area (Å²) in [5.74, 6) is 3.25. The molecule has 0 atom stereocenters. The van der Waals surface area contributed by atoms with Gasteiger partial charge in [0.1, 0.15) is 17.1 Å². The monoisotopic (exact) mass is 738 g/mol. The first-order valence-corrected chi connectivity index (χ1v) is 16.1. The predicted molar refractivity (Wildman–Crippen MR) is 199 cm³/mol. The number of ether oxygens (including phenoxy) is 4. The number of benzene rings is 4. The molecule has 0 radical (unpaired) electrons. The number of hydrogen-bond donors (Lipinski definition) is 0. The number of rotatable bonds is 10. The van der Waals surface area contributed by atoms with E-state index in [0.29, 0.717) is 22.4 Å². The molecule has 0 N–H and O–H groups in total. The quantitative estimate of drug-likeness (QED) is 0.0427. The molecule has 0 saturated carbocycles. The van der Waals surface area contributed by atoms with Crippen molar-refractivity contribution in [2.24, 2.45) is 0 Å². The van der Waals surface area contributed by atoms with Gasteiger partial charge in [0.25, 0.3) is 0 Å². The number of halogens is 1. The summed E-state index contributed by atoms with van der Waals surface area (Å²) in [4.78, 5) is 74.3. The van der Waals surface area contributed by atoms with E-state index in [4.69, 9.17) is 18.9 Å². The van der Waals surface area contributed by atoms with Gasteiger partial charge in [-0.2, -0.15) is 0 Å². The summed E-state index contributed by atoms with van der Waals surface area (Å²) in [6.45, 7) is 15.9. The molecule has 0 heterocycles. The fourth-order valence-corrected chi connectivity index (χ4v) is 4.17. The topological polar surface area (TPSA) is 139 Å². The Labute approximate surface area is 315 Å². The molecule has 0 spiro atoms. The second-order valence-electron chi connectivity index (χ2n) is 11.9. The van der Waals surface area contributed by atoms with Gasteiger partial charge in [-0.3, -0.25) is 9.59 Å². The van der Waals surface area contributed by atoms with Crippen LogP contribution in [-0.2, 0) is 24.0 Å². The molecule has 10 nitrogen and oxygen atoms in total. The minimum atomic E-state index is -1.47. The van der Waals surface area contributed by atoms with Gasteiger partial charge in [0.2, 0.25) is 5.78 Å². The molecule has 4 aromatic carbocycles. The van der Waals surface area contributed by atoms with Crippen molar-refractivity contribution in [2.75, 3.05) is 0 Å². The van der Waals surface area contributed by atoms with Crippen LogP contribution in [0, 0.1) is 29.5 Å². The summed E-state index contributed by atoms with van der Waals surface area (Å²) in [7, 11) is 0. The highest BCUT2D eigenvalue weighted by molar-refractivity contribution is 6.33. The van der Waals surface area contributed by atoms with E-state index in [9.17, 15) is 28.8 Å². The molecule has 274 valence electrons. The van der Waals surface area contributed by atoms with E-state index in [0.717, 1.165) is 13.0 Å². The Hall–Kier alpha value is -7.63. The molecule has 0 aromatic heterocycles. The van der Waals surface area contributed by atoms with Gasteiger partial charge in [0, 0.05) is 45.9 Å². The fourth-order valence-electron chi connectivity index (χ4n) is 4.17. The second kappa shape index (κ2) is 17.7. The van der Waals surface area contributed by atoms with Crippen molar-refractivity contribution in [1.29, 1.82) is 0 Å². The minimum Gasteiger partial charge on any atom is -0.423 e. The van der Waals surface area contributed by atoms with Gasteiger partial charge < -0.3 is 18.9 Å². The SMILES string of the molecule is C=C(C)C(=O)Oc1ccc(C#Cc2ccc(C(=O)c3cc(OC(=O)C(=C)C)c(C#Cc4ccc(OC(=O)C(=C)C)cc4)c(F)c3OC(=O)C(C)=O)cc2)cc1. The third kappa shape index (κ3) is 10.7. The van der Waals surface area contributed by atoms with Crippen molar-refractivity contribution in [3.63, 3.8) is 0 Å². The van der Waals surface area contributed by atoms with Crippen LogP contribution >= 0.6 is 0 Å². The van der Waals surface area contributed by atoms with Crippen LogP contribution in [0.3, 0.4) is 0 Å². The van der Waals surface area contributed by atoms with Crippen LogP contribution < -0.4 is 18.9 Å². The lowest BCUT2D eigenvalue weighted by Gasteiger charge is -2.15. The lowest BCUT2D eigenvalue weighted by molar-refractivity contribution is -0.146. The van der Waals surface area contributed by atoms with Crippen LogP contribution in [0.5, 0.6) is 23.0 Å². The average Bonchev–Trinajstić information content (AvgIpc) is 3.15. The first-order chi connectivity index (χ1) is 26.0. The summed E-state index contributed by atoms with van der Waals surface area (Å²) < 4.78 is 37.2. The molecule has 4 rings (SSSR count). The van der Waals surface area contributed by atoms with Gasteiger partial charge in [-0.1, -0.05) is 43.4 Å². The van der Waals surface area contributed by atoms with Gasteiger partial charge >= 0.3 is 23.9 Å². The van der Waals surface area contributed by atoms with Crippen molar-refractivity contribution in [1.82, 2.24) is 0 Å². The largest absolute Gasteiger partial charge is 0.423 e. The first kappa shape index (κ1) is 40.1. The molecular formula is C44H31FO10. The van der Waals surface area contributed by atoms with Crippen molar-refractivity contribution in [3.05, 3.63) is 155 Å². The Bertz CT molecular complexity index is 2410. The smallest absolute Gasteiger partial charge is 0.379 e. The highest BCUT2D eigenvalue weighted by Crippen LogP contribution is 2.35. The Morgan fingerprint density at radius 1 is 0.527 bits per heavy atom. The van der Waals surface area contributed by atoms with Crippen molar-refractivity contribution < 1.29 is 52.1 Å². The second-order valence-corrected chi connectivity index (χ2v) is 11.9. The Morgan fingerprint density at radius 2 is 0.927 bits per heavy atom. The number of esters is 4. The normalized spacial score (nSPS) is 9.91. The third-order valence-electron chi connectivity index (χ3n) is 7.12. The standard InChI is InChI=1S/C44H31FO10/c1-25(2)41(48)52-33-19-12-30(13-20-33)9-8-29-10-17-32(18-11-29)39(47)36-24-37(54-43(50)27(5)6)35(38(45)40(36)55-44(51)28(7)46)23-16-31-14-21-34(22-15-31)53-42(49)26(3)4/h10-15,17-22,24H,1,3,5H2,2,4,6-7H3. The van der Waals surface area contributed by atoms with E-state index >= 15 is 4.39 Å². The highest BCUT2D eigenvalue weighted by atomic mass is 19.1. The minimum absolute atomic E-state index is 0.00259. The van der Waals surface area contributed by atoms with Gasteiger partial charge in [0.15, 0.2) is 23.1 Å². The van der Waals surface area contributed by atoms with E-state index in [1.54, 1.807) is 24.3 Å². The molecule has 0 saturated heterocycles. The molecule has 55 heavy (non-hydrogen) atoms. The summed E-state index contributed by atoms with van der Waals surface area (Å²) in [6, 6.07) is 19.1. The number of hydrogen-bond acceptors (Lipinski definition) is 10. The molecule has 0 unspecified atom stereocenters. The molecule has 0 aliphatic carbocycles. The molecule has 0 amide bonds. The van der Waals surface area contributed by atoms with Crippen LogP contribution in [0.4, 0.5) is 4.39 Å². The Balaban J connectivity index is 1.72. The maximum atomic E-state index is 16.4. The van der Waals surface area contributed by atoms with Crippen LogP contribution in [0.2, 0.25) is 0 Å². The van der Waals surface area contributed by atoms with E-state index in [-0.39, 0.29) is 28.0 Å². The fraction of sp³-hybridized carbons (Fsp3) is 0.0909. The number of Topliss-reactive ketones (excluding diaryl/α,β-unsaturated/α-hetero) is 1. The Kier molecular flexibility index (Phi) is 12.9. The van der Waals surface area contributed by atoms with Crippen molar-refractivity contribution in [3.8, 4) is 46.7 Å². The zero-order valence-electron chi connectivity index (χ0n) is 30.1. The van der Waals surface area contributed by atoms with Crippen LogP contribution in [0.25, 0.3) is 0 Å². The highest BCUT2D eigenvalue weighted by Gasteiger charge is 2.28. The van der Waals surface area contributed by atoms with Gasteiger partial charge in [-0.05, 0) is 99.6 Å². The van der Waals surface area contributed by atoms with E-state index in [1.807, 2.05) is 0 Å². The number of carbonyl (C=O) groups is 6. The molecule has 11 heteroatoms. The van der Waals surface area contributed by atoms with E-state index < -0.39 is 63.9 Å². The number of ketones is 2. The van der Waals surface area contributed by atoms with E-state index in [1.165, 1.54) is 69.3 Å². The Morgan fingerprint density at radius 3 is 1.35 bits per heavy atom. The first-order valence-electron chi connectivity index (χ1n) is 16.1. The lowest BCUT2D eigenvalue weighted by Crippen LogP contribution is -2.20.